The number of aryl methyl sites for hydroxylation is 1. The third-order valence-corrected chi connectivity index (χ3v) is 3.38. The molecule has 20 heavy (non-hydrogen) atoms. The van der Waals surface area contributed by atoms with Gasteiger partial charge in [0.1, 0.15) is 5.75 Å². The van der Waals surface area contributed by atoms with Gasteiger partial charge in [0.15, 0.2) is 0 Å². The van der Waals surface area contributed by atoms with Crippen LogP contribution in [0.5, 0.6) is 5.75 Å². The van der Waals surface area contributed by atoms with Crippen molar-refractivity contribution >= 4 is 5.97 Å². The van der Waals surface area contributed by atoms with Gasteiger partial charge in [-0.3, -0.25) is 0 Å². The summed E-state index contributed by atoms with van der Waals surface area (Å²) < 4.78 is 7.42. The number of hydrogen-bond donors (Lipinski definition) is 1. The highest BCUT2D eigenvalue weighted by Crippen LogP contribution is 2.18. The number of carboxylic acid groups (broad SMARTS) is 1. The van der Waals surface area contributed by atoms with E-state index in [0.717, 1.165) is 22.7 Å². The molecule has 2 rings (SSSR count). The predicted octanol–water partition coefficient (Wildman–Crippen LogP) is 3.25. The SMILES string of the molecule is CCOc1ccc(Cn2c(C)cc(C(=O)O)c2C)cc1. The van der Waals surface area contributed by atoms with Crippen LogP contribution in [0, 0.1) is 13.8 Å². The van der Waals surface area contributed by atoms with Crippen LogP contribution in [-0.4, -0.2) is 22.2 Å². The van der Waals surface area contributed by atoms with Crippen LogP contribution in [0.15, 0.2) is 30.3 Å². The summed E-state index contributed by atoms with van der Waals surface area (Å²) in [6.45, 7) is 7.03. The number of benzene rings is 1. The average molecular weight is 273 g/mol. The van der Waals surface area contributed by atoms with Gasteiger partial charge in [-0.15, -0.1) is 0 Å². The molecule has 0 bridgehead atoms. The first kappa shape index (κ1) is 14.2. The van der Waals surface area contributed by atoms with E-state index in [4.69, 9.17) is 9.84 Å². The van der Waals surface area contributed by atoms with Crippen LogP contribution in [-0.2, 0) is 6.54 Å². The molecule has 1 N–H and O–H groups in total. The van der Waals surface area contributed by atoms with Crippen molar-refractivity contribution in [3.63, 3.8) is 0 Å². The minimum Gasteiger partial charge on any atom is -0.494 e. The lowest BCUT2D eigenvalue weighted by molar-refractivity contribution is 0.0696. The zero-order valence-corrected chi connectivity index (χ0v) is 12.0. The summed E-state index contributed by atoms with van der Waals surface area (Å²) in [5.74, 6) is -0.0283. The smallest absolute Gasteiger partial charge is 0.337 e. The highest BCUT2D eigenvalue weighted by atomic mass is 16.5. The van der Waals surface area contributed by atoms with Crippen LogP contribution >= 0.6 is 0 Å². The lowest BCUT2D eigenvalue weighted by atomic mass is 10.2. The van der Waals surface area contributed by atoms with Gasteiger partial charge in [0.2, 0.25) is 0 Å². The third kappa shape index (κ3) is 2.85. The summed E-state index contributed by atoms with van der Waals surface area (Å²) in [7, 11) is 0. The number of carboxylic acids is 1. The molecule has 0 spiro atoms. The monoisotopic (exact) mass is 273 g/mol. The van der Waals surface area contributed by atoms with Gasteiger partial charge in [0, 0.05) is 17.9 Å². The predicted molar refractivity (Wildman–Crippen MR) is 77.6 cm³/mol. The Morgan fingerprint density at radius 3 is 2.40 bits per heavy atom. The van der Waals surface area contributed by atoms with E-state index in [-0.39, 0.29) is 0 Å². The van der Waals surface area contributed by atoms with E-state index in [1.54, 1.807) is 6.07 Å². The molecule has 0 aliphatic rings. The van der Waals surface area contributed by atoms with E-state index in [2.05, 4.69) is 0 Å². The number of carbonyl (C=O) groups is 1. The molecule has 1 aromatic heterocycles. The standard InChI is InChI=1S/C16H19NO3/c1-4-20-14-7-5-13(6-8-14)10-17-11(2)9-15(12(17)3)16(18)19/h5-9H,4,10H2,1-3H3,(H,18,19). The Morgan fingerprint density at radius 2 is 1.90 bits per heavy atom. The van der Waals surface area contributed by atoms with Crippen LogP contribution < -0.4 is 4.74 Å². The summed E-state index contributed by atoms with van der Waals surface area (Å²) in [5, 5.41) is 9.14. The Hall–Kier alpha value is -2.23. The lowest BCUT2D eigenvalue weighted by Gasteiger charge is -2.10. The maximum absolute atomic E-state index is 11.1. The summed E-state index contributed by atoms with van der Waals surface area (Å²) in [6.07, 6.45) is 0. The second-order valence-electron chi connectivity index (χ2n) is 4.75. The van der Waals surface area contributed by atoms with Crippen molar-refractivity contribution in [2.45, 2.75) is 27.3 Å². The van der Waals surface area contributed by atoms with E-state index in [1.165, 1.54) is 0 Å². The molecule has 4 heteroatoms. The molecule has 1 aromatic carbocycles. The Kier molecular flexibility index (Phi) is 4.13. The Labute approximate surface area is 118 Å². The Balaban J connectivity index is 2.23. The van der Waals surface area contributed by atoms with Crippen molar-refractivity contribution in [3.8, 4) is 5.75 Å². The van der Waals surface area contributed by atoms with Crippen LogP contribution in [0.2, 0.25) is 0 Å². The zero-order chi connectivity index (χ0) is 14.7. The second-order valence-corrected chi connectivity index (χ2v) is 4.75. The number of rotatable bonds is 5. The van der Waals surface area contributed by atoms with Crippen LogP contribution in [0.25, 0.3) is 0 Å². The molecule has 0 radical (unpaired) electrons. The molecule has 0 aliphatic heterocycles. The van der Waals surface area contributed by atoms with E-state index >= 15 is 0 Å². The molecular weight excluding hydrogens is 254 g/mol. The summed E-state index contributed by atoms with van der Waals surface area (Å²) in [4.78, 5) is 11.1. The highest BCUT2D eigenvalue weighted by molar-refractivity contribution is 5.89. The molecule has 0 amide bonds. The van der Waals surface area contributed by atoms with Crippen molar-refractivity contribution < 1.29 is 14.6 Å². The molecule has 0 unspecified atom stereocenters. The Morgan fingerprint density at radius 1 is 1.25 bits per heavy atom. The summed E-state index contributed by atoms with van der Waals surface area (Å²) in [5.41, 5.74) is 3.22. The zero-order valence-electron chi connectivity index (χ0n) is 12.0. The van der Waals surface area contributed by atoms with E-state index in [9.17, 15) is 4.79 Å². The minimum atomic E-state index is -0.879. The fourth-order valence-electron chi connectivity index (χ4n) is 2.30. The van der Waals surface area contributed by atoms with E-state index in [0.29, 0.717) is 18.7 Å². The summed E-state index contributed by atoms with van der Waals surface area (Å²) in [6, 6.07) is 9.59. The first-order chi connectivity index (χ1) is 9.52. The molecule has 2 aromatic rings. The van der Waals surface area contributed by atoms with Gasteiger partial charge in [-0.25, -0.2) is 4.79 Å². The molecule has 106 valence electrons. The maximum Gasteiger partial charge on any atom is 0.337 e. The maximum atomic E-state index is 11.1. The lowest BCUT2D eigenvalue weighted by Crippen LogP contribution is -2.06. The Bertz CT molecular complexity index is 611. The van der Waals surface area contributed by atoms with Gasteiger partial charge in [0.05, 0.1) is 12.2 Å². The third-order valence-electron chi connectivity index (χ3n) is 3.38. The molecular formula is C16H19NO3. The fraction of sp³-hybridized carbons (Fsp3) is 0.312. The number of ether oxygens (including phenoxy) is 1. The van der Waals surface area contributed by atoms with Gasteiger partial charge in [-0.2, -0.15) is 0 Å². The quantitative estimate of drug-likeness (QED) is 0.909. The van der Waals surface area contributed by atoms with E-state index < -0.39 is 5.97 Å². The largest absolute Gasteiger partial charge is 0.494 e. The molecule has 0 atom stereocenters. The van der Waals surface area contributed by atoms with Crippen LogP contribution in [0.4, 0.5) is 0 Å². The van der Waals surface area contributed by atoms with Crippen LogP contribution in [0.3, 0.4) is 0 Å². The molecule has 1 heterocycles. The van der Waals surface area contributed by atoms with Gasteiger partial charge in [0.25, 0.3) is 0 Å². The average Bonchev–Trinajstić information content (AvgIpc) is 2.69. The first-order valence-electron chi connectivity index (χ1n) is 6.64. The number of aromatic carboxylic acids is 1. The van der Waals surface area contributed by atoms with Gasteiger partial charge >= 0.3 is 5.97 Å². The number of nitrogens with zero attached hydrogens (tertiary/aromatic N) is 1. The number of hydrogen-bond acceptors (Lipinski definition) is 2. The second kappa shape index (κ2) is 5.82. The van der Waals surface area contributed by atoms with E-state index in [1.807, 2.05) is 49.6 Å². The van der Waals surface area contributed by atoms with Crippen molar-refractivity contribution in [2.75, 3.05) is 6.61 Å². The van der Waals surface area contributed by atoms with Crippen molar-refractivity contribution in [1.29, 1.82) is 0 Å². The molecule has 0 saturated heterocycles. The molecule has 0 saturated carbocycles. The number of aromatic nitrogens is 1. The van der Waals surface area contributed by atoms with Gasteiger partial charge in [-0.1, -0.05) is 12.1 Å². The summed E-state index contributed by atoms with van der Waals surface area (Å²) >= 11 is 0. The topological polar surface area (TPSA) is 51.5 Å². The molecule has 0 aliphatic carbocycles. The van der Waals surface area contributed by atoms with Crippen molar-refractivity contribution in [1.82, 2.24) is 4.57 Å². The molecule has 4 nitrogen and oxygen atoms in total. The highest BCUT2D eigenvalue weighted by Gasteiger charge is 2.14. The van der Waals surface area contributed by atoms with Crippen molar-refractivity contribution in [2.24, 2.45) is 0 Å². The fourth-order valence-corrected chi connectivity index (χ4v) is 2.30. The van der Waals surface area contributed by atoms with Gasteiger partial charge in [-0.05, 0) is 44.5 Å². The molecule has 0 fully saturated rings. The normalized spacial score (nSPS) is 10.6. The van der Waals surface area contributed by atoms with Crippen LogP contribution in [0.1, 0.15) is 34.2 Å². The van der Waals surface area contributed by atoms with Gasteiger partial charge < -0.3 is 14.4 Å². The first-order valence-corrected chi connectivity index (χ1v) is 6.64. The van der Waals surface area contributed by atoms with Crippen molar-refractivity contribution in [3.05, 3.63) is 52.8 Å². The minimum absolute atomic E-state index is 0.369.